The average Bonchev–Trinajstić information content (AvgIpc) is 2.73. The molecule has 1 heterocycles. The summed E-state index contributed by atoms with van der Waals surface area (Å²) in [6.07, 6.45) is 1.33. The summed E-state index contributed by atoms with van der Waals surface area (Å²) in [5, 5.41) is 0. The topological polar surface area (TPSA) is 31.2 Å². The summed E-state index contributed by atoms with van der Waals surface area (Å²) in [4.78, 5) is 12.4. The van der Waals surface area contributed by atoms with Gasteiger partial charge in [0.15, 0.2) is 0 Å². The molecule has 0 N–H and O–H groups in total. The van der Waals surface area contributed by atoms with Crippen molar-refractivity contribution in [3.8, 4) is 11.3 Å². The number of halogens is 2. The molecule has 0 aliphatic rings. The fourth-order valence-electron chi connectivity index (χ4n) is 1.95. The minimum Gasteiger partial charge on any atom is -0.443 e. The van der Waals surface area contributed by atoms with Gasteiger partial charge in [-0.05, 0) is 71.2 Å². The van der Waals surface area contributed by atoms with E-state index in [-0.39, 0.29) is 0 Å². The molecule has 2 aromatic rings. The van der Waals surface area contributed by atoms with Gasteiger partial charge in [0.2, 0.25) is 0 Å². The standard InChI is InChI=1S/C16H17Br2NO2/c1-10-6-5-7-12(14(10)18)13-8-11(17)9-19(13)15(20)21-16(2,3)4/h5-9H,1-4H3. The van der Waals surface area contributed by atoms with Crippen molar-refractivity contribution < 1.29 is 9.53 Å². The second kappa shape index (κ2) is 5.97. The van der Waals surface area contributed by atoms with Crippen LogP contribution in [0.2, 0.25) is 0 Å². The Labute approximate surface area is 141 Å². The zero-order valence-corrected chi connectivity index (χ0v) is 15.6. The van der Waals surface area contributed by atoms with Crippen LogP contribution in [-0.2, 0) is 4.74 Å². The first-order valence-corrected chi connectivity index (χ1v) is 8.14. The van der Waals surface area contributed by atoms with E-state index in [1.165, 1.54) is 4.57 Å². The summed E-state index contributed by atoms with van der Waals surface area (Å²) in [7, 11) is 0. The molecule has 0 radical (unpaired) electrons. The van der Waals surface area contributed by atoms with Gasteiger partial charge in [0.25, 0.3) is 0 Å². The van der Waals surface area contributed by atoms with Crippen LogP contribution in [0.15, 0.2) is 39.4 Å². The van der Waals surface area contributed by atoms with Gasteiger partial charge in [0, 0.05) is 20.7 Å². The molecule has 0 bridgehead atoms. The Balaban J connectivity index is 2.51. The van der Waals surface area contributed by atoms with Gasteiger partial charge in [0.1, 0.15) is 5.60 Å². The summed E-state index contributed by atoms with van der Waals surface area (Å²) < 4.78 is 8.78. The SMILES string of the molecule is Cc1cccc(-c2cc(Br)cn2C(=O)OC(C)(C)C)c1Br. The molecule has 0 aliphatic heterocycles. The van der Waals surface area contributed by atoms with Crippen molar-refractivity contribution in [2.24, 2.45) is 0 Å². The van der Waals surface area contributed by atoms with E-state index in [1.54, 1.807) is 6.20 Å². The number of carbonyl (C=O) groups excluding carboxylic acids is 1. The molecule has 1 aromatic heterocycles. The van der Waals surface area contributed by atoms with Gasteiger partial charge in [-0.3, -0.25) is 4.57 Å². The van der Waals surface area contributed by atoms with E-state index in [2.05, 4.69) is 31.9 Å². The van der Waals surface area contributed by atoms with Crippen LogP contribution in [0.4, 0.5) is 4.79 Å². The van der Waals surface area contributed by atoms with Crippen molar-refractivity contribution in [1.29, 1.82) is 0 Å². The van der Waals surface area contributed by atoms with Gasteiger partial charge < -0.3 is 4.74 Å². The molecule has 0 spiro atoms. The second-order valence-electron chi connectivity index (χ2n) is 5.83. The molecule has 0 aliphatic carbocycles. The number of aryl methyl sites for hydroxylation is 1. The van der Waals surface area contributed by atoms with Crippen LogP contribution in [0.1, 0.15) is 26.3 Å². The lowest BCUT2D eigenvalue weighted by molar-refractivity contribution is 0.0540. The van der Waals surface area contributed by atoms with E-state index in [0.717, 1.165) is 25.8 Å². The van der Waals surface area contributed by atoms with Crippen molar-refractivity contribution in [3.05, 3.63) is 45.0 Å². The Morgan fingerprint density at radius 2 is 1.90 bits per heavy atom. The summed E-state index contributed by atoms with van der Waals surface area (Å²) >= 11 is 7.02. The smallest absolute Gasteiger partial charge is 0.419 e. The van der Waals surface area contributed by atoms with Gasteiger partial charge in [0.05, 0.1) is 5.69 Å². The summed E-state index contributed by atoms with van der Waals surface area (Å²) in [5.74, 6) is 0. The van der Waals surface area contributed by atoms with E-state index in [9.17, 15) is 4.79 Å². The number of nitrogens with zero attached hydrogens (tertiary/aromatic N) is 1. The first-order valence-electron chi connectivity index (χ1n) is 6.56. The van der Waals surface area contributed by atoms with Crippen LogP contribution >= 0.6 is 31.9 Å². The lowest BCUT2D eigenvalue weighted by Gasteiger charge is -2.20. The number of hydrogen-bond acceptors (Lipinski definition) is 2. The van der Waals surface area contributed by atoms with Crippen molar-refractivity contribution in [3.63, 3.8) is 0 Å². The number of aromatic nitrogens is 1. The third-order valence-corrected chi connectivity index (χ3v) is 4.33. The lowest BCUT2D eigenvalue weighted by Crippen LogP contribution is -2.27. The summed E-state index contributed by atoms with van der Waals surface area (Å²) in [5.41, 5.74) is 2.31. The Hall–Kier alpha value is -1.07. The van der Waals surface area contributed by atoms with Gasteiger partial charge in [-0.2, -0.15) is 0 Å². The number of ether oxygens (including phenoxy) is 1. The minimum atomic E-state index is -0.533. The highest BCUT2D eigenvalue weighted by molar-refractivity contribution is 9.11. The number of benzene rings is 1. The maximum absolute atomic E-state index is 12.4. The van der Waals surface area contributed by atoms with E-state index < -0.39 is 11.7 Å². The molecule has 0 saturated heterocycles. The predicted octanol–water partition coefficient (Wildman–Crippen LogP) is 5.77. The third kappa shape index (κ3) is 3.77. The van der Waals surface area contributed by atoms with Crippen LogP contribution in [0.3, 0.4) is 0 Å². The molecule has 0 atom stereocenters. The predicted molar refractivity (Wildman–Crippen MR) is 91.6 cm³/mol. The maximum atomic E-state index is 12.4. The fraction of sp³-hybridized carbons (Fsp3) is 0.312. The van der Waals surface area contributed by atoms with Crippen molar-refractivity contribution in [2.45, 2.75) is 33.3 Å². The Kier molecular flexibility index (Phi) is 4.63. The monoisotopic (exact) mass is 413 g/mol. The molecule has 21 heavy (non-hydrogen) atoms. The van der Waals surface area contributed by atoms with Gasteiger partial charge >= 0.3 is 6.09 Å². The molecule has 3 nitrogen and oxygen atoms in total. The molecule has 1 aromatic carbocycles. The van der Waals surface area contributed by atoms with Crippen LogP contribution in [0.25, 0.3) is 11.3 Å². The third-order valence-electron chi connectivity index (χ3n) is 2.84. The first-order chi connectivity index (χ1) is 9.69. The highest BCUT2D eigenvalue weighted by Gasteiger charge is 2.21. The molecule has 112 valence electrons. The van der Waals surface area contributed by atoms with Crippen LogP contribution in [-0.4, -0.2) is 16.3 Å². The molecular formula is C16H17Br2NO2. The Morgan fingerprint density at radius 3 is 2.52 bits per heavy atom. The largest absolute Gasteiger partial charge is 0.443 e. The van der Waals surface area contributed by atoms with Crippen molar-refractivity contribution in [2.75, 3.05) is 0 Å². The number of hydrogen-bond donors (Lipinski definition) is 0. The number of rotatable bonds is 1. The van der Waals surface area contributed by atoms with E-state index >= 15 is 0 Å². The first kappa shape index (κ1) is 16.3. The van der Waals surface area contributed by atoms with E-state index in [1.807, 2.05) is 52.0 Å². The lowest BCUT2D eigenvalue weighted by atomic mass is 10.1. The Morgan fingerprint density at radius 1 is 1.24 bits per heavy atom. The van der Waals surface area contributed by atoms with Crippen molar-refractivity contribution >= 4 is 38.0 Å². The molecule has 2 rings (SSSR count). The summed E-state index contributed by atoms with van der Waals surface area (Å²) in [6.45, 7) is 7.58. The van der Waals surface area contributed by atoms with E-state index in [0.29, 0.717) is 0 Å². The molecule has 0 saturated carbocycles. The highest BCUT2D eigenvalue weighted by Crippen LogP contribution is 2.33. The average molecular weight is 415 g/mol. The molecule has 5 heteroatoms. The zero-order chi connectivity index (χ0) is 15.8. The molecule has 0 unspecified atom stereocenters. The number of carbonyl (C=O) groups is 1. The quantitative estimate of drug-likeness (QED) is 0.592. The molecule has 0 fully saturated rings. The summed E-state index contributed by atoms with van der Waals surface area (Å²) in [6, 6.07) is 7.86. The van der Waals surface area contributed by atoms with Crippen LogP contribution < -0.4 is 0 Å². The Bertz CT molecular complexity index is 684. The van der Waals surface area contributed by atoms with Crippen LogP contribution in [0, 0.1) is 6.92 Å². The minimum absolute atomic E-state index is 0.392. The van der Waals surface area contributed by atoms with Gasteiger partial charge in [-0.1, -0.05) is 18.2 Å². The fourth-order valence-corrected chi connectivity index (χ4v) is 2.83. The maximum Gasteiger partial charge on any atom is 0.419 e. The van der Waals surface area contributed by atoms with Gasteiger partial charge in [-0.25, -0.2) is 4.79 Å². The zero-order valence-electron chi connectivity index (χ0n) is 12.4. The second-order valence-corrected chi connectivity index (χ2v) is 7.54. The van der Waals surface area contributed by atoms with Crippen LogP contribution in [0.5, 0.6) is 0 Å². The molecule has 0 amide bonds. The van der Waals surface area contributed by atoms with E-state index in [4.69, 9.17) is 4.74 Å². The van der Waals surface area contributed by atoms with Gasteiger partial charge in [-0.15, -0.1) is 0 Å². The van der Waals surface area contributed by atoms with Crippen molar-refractivity contribution in [1.82, 2.24) is 4.57 Å². The normalized spacial score (nSPS) is 11.5. The highest BCUT2D eigenvalue weighted by atomic mass is 79.9. The molecular weight excluding hydrogens is 398 g/mol.